The van der Waals surface area contributed by atoms with Crippen LogP contribution in [0.2, 0.25) is 0 Å². The van der Waals surface area contributed by atoms with E-state index in [1.54, 1.807) is 6.07 Å². The highest BCUT2D eigenvalue weighted by atomic mass is 32.2. The maximum absolute atomic E-state index is 12.6. The fourth-order valence-electron chi connectivity index (χ4n) is 10.4. The number of aryl methyl sites for hydroxylation is 1. The molecule has 350 valence electrons. The van der Waals surface area contributed by atoms with E-state index in [2.05, 4.69) is 73.7 Å². The van der Waals surface area contributed by atoms with Crippen molar-refractivity contribution < 1.29 is 49.7 Å². The molecule has 0 N–H and O–H groups in total. The lowest BCUT2D eigenvalue weighted by molar-refractivity contribution is -0.536. The van der Waals surface area contributed by atoms with Gasteiger partial charge >= 0.3 is 5.97 Å². The van der Waals surface area contributed by atoms with Crippen LogP contribution in [0.25, 0.3) is 0 Å². The Kier molecular flexibility index (Phi) is 14.1. The van der Waals surface area contributed by atoms with Gasteiger partial charge in [-0.1, -0.05) is 56.5 Å². The number of amides is 2. The average molecular weight is 930 g/mol. The van der Waals surface area contributed by atoms with Gasteiger partial charge in [0.05, 0.1) is 15.0 Å². The monoisotopic (exact) mass is 929 g/mol. The van der Waals surface area contributed by atoms with Crippen LogP contribution >= 0.6 is 0 Å². The molecule has 2 aromatic rings. The lowest BCUT2D eigenvalue weighted by Gasteiger charge is -2.31. The van der Waals surface area contributed by atoms with Crippen LogP contribution in [0, 0.1) is 6.92 Å². The lowest BCUT2D eigenvalue weighted by Crippen LogP contribution is -2.32. The van der Waals surface area contributed by atoms with E-state index in [4.69, 9.17) is 4.84 Å². The van der Waals surface area contributed by atoms with Crippen LogP contribution in [0.4, 0.5) is 11.4 Å². The maximum atomic E-state index is 12.6. The molecule has 2 aromatic carbocycles. The minimum Gasteiger partial charge on any atom is -0.748 e. The molecule has 5 aliphatic rings. The van der Waals surface area contributed by atoms with Gasteiger partial charge in [0.15, 0.2) is 0 Å². The summed E-state index contributed by atoms with van der Waals surface area (Å²) in [6, 6.07) is 10.9. The largest absolute Gasteiger partial charge is 0.748 e. The van der Waals surface area contributed by atoms with Crippen molar-refractivity contribution in [3.63, 3.8) is 0 Å². The topological polar surface area (TPSA) is 188 Å². The number of anilines is 2. The number of hydroxylamine groups is 2. The molecule has 1 atom stereocenters. The van der Waals surface area contributed by atoms with Crippen molar-refractivity contribution in [2.75, 3.05) is 42.2 Å². The van der Waals surface area contributed by atoms with Crippen LogP contribution in [-0.2, 0) is 50.3 Å². The molecule has 0 radical (unpaired) electrons. The molecule has 1 unspecified atom stereocenters. The third kappa shape index (κ3) is 10.4. The molecule has 0 aromatic heterocycles. The standard InChI is InChI=1S/C49H62N4O10S2/c1-34-17-21-40-38(32-34)48(2,3)42(50(40)5)23-18-35-14-12-15-36(47(35)51-28-10-7-11-29-51)19-24-43-49(4,27-9-6-8-16-46(56)63-53-44(54)25-26-45(53)55)39-33-37(65(60,61)62)20-22-41(39)52(43)30-13-31-64(57,58)59/h17-24,32-33H,6-16,25-31H2,1-5H3,(H-,57,58,59,60,61,62)/p-1. The number of piperidine rings is 1. The number of likely N-dealkylation sites (N-methyl/N-ethyl adjacent to an activating group) is 1. The second-order valence-corrected chi connectivity index (χ2v) is 21.7. The molecule has 2 amide bonds. The van der Waals surface area contributed by atoms with Gasteiger partial charge in [0.2, 0.25) is 5.71 Å². The van der Waals surface area contributed by atoms with Gasteiger partial charge in [-0.2, -0.15) is 0 Å². The summed E-state index contributed by atoms with van der Waals surface area (Å²) >= 11 is 0. The number of imide groups is 1. The second kappa shape index (κ2) is 19.1. The average Bonchev–Trinajstić information content (AvgIpc) is 3.76. The highest BCUT2D eigenvalue weighted by Gasteiger charge is 2.44. The summed E-state index contributed by atoms with van der Waals surface area (Å²) in [5, 5.41) is 0.532. The van der Waals surface area contributed by atoms with Crippen LogP contribution in [0.5, 0.6) is 0 Å². The SMILES string of the molecule is Cc1ccc2c(c1)C(C)(C)C(=CC=C1CCCC(=CC=C3N(CCCS(=O)(=O)[O-])c4ccc(S(=O)(=O)[O-])cc4C3(C)CCCCCC(=O)ON3C(=O)CCC3=O)C1=[N+]1CCCCC1)N2C. The fraction of sp³-hybridized carbons (Fsp3) is 0.510. The first kappa shape index (κ1) is 48.0. The number of fused-ring (bicyclic) bond motifs is 2. The third-order valence-electron chi connectivity index (χ3n) is 13.8. The van der Waals surface area contributed by atoms with E-state index in [0.29, 0.717) is 42.0 Å². The summed E-state index contributed by atoms with van der Waals surface area (Å²) in [6.07, 6.45) is 16.7. The molecular weight excluding hydrogens is 869 g/mol. The van der Waals surface area contributed by atoms with Crippen LogP contribution in [0.1, 0.15) is 127 Å². The molecule has 0 bridgehead atoms. The number of unbranched alkanes of at least 4 members (excludes halogenated alkanes) is 2. The van der Waals surface area contributed by atoms with Crippen LogP contribution < -0.4 is 9.80 Å². The molecule has 3 fully saturated rings. The Morgan fingerprint density at radius 1 is 0.769 bits per heavy atom. The van der Waals surface area contributed by atoms with Crippen molar-refractivity contribution in [3.05, 3.63) is 99.9 Å². The number of hydrogen-bond acceptors (Lipinski definition) is 12. The predicted octanol–water partition coefficient (Wildman–Crippen LogP) is 7.34. The minimum absolute atomic E-state index is 0.00282. The molecule has 4 aliphatic heterocycles. The number of allylic oxidation sites excluding steroid dienone is 8. The summed E-state index contributed by atoms with van der Waals surface area (Å²) < 4.78 is 75.2. The Labute approximate surface area is 383 Å². The molecule has 65 heavy (non-hydrogen) atoms. The predicted molar refractivity (Wildman–Crippen MR) is 246 cm³/mol. The van der Waals surface area contributed by atoms with Crippen molar-refractivity contribution in [2.45, 2.75) is 133 Å². The van der Waals surface area contributed by atoms with Gasteiger partial charge < -0.3 is 23.7 Å². The molecule has 14 nitrogen and oxygen atoms in total. The van der Waals surface area contributed by atoms with Crippen molar-refractivity contribution >= 4 is 55.1 Å². The number of carbonyl (C=O) groups excluding carboxylic acids is 3. The van der Waals surface area contributed by atoms with Crippen LogP contribution in [-0.4, -0.2) is 91.5 Å². The first-order valence-electron chi connectivity index (χ1n) is 22.9. The zero-order valence-electron chi connectivity index (χ0n) is 38.2. The summed E-state index contributed by atoms with van der Waals surface area (Å²) in [6.45, 7) is 10.6. The molecule has 1 aliphatic carbocycles. The van der Waals surface area contributed by atoms with Crippen LogP contribution in [0.15, 0.2) is 88.1 Å². The van der Waals surface area contributed by atoms with Crippen molar-refractivity contribution in [2.24, 2.45) is 0 Å². The van der Waals surface area contributed by atoms with Gasteiger partial charge in [-0.25, -0.2) is 26.2 Å². The zero-order valence-corrected chi connectivity index (χ0v) is 39.8. The van der Waals surface area contributed by atoms with E-state index in [1.807, 2.05) is 17.9 Å². The number of rotatable bonds is 14. The maximum Gasteiger partial charge on any atom is 0.333 e. The van der Waals surface area contributed by atoms with E-state index < -0.39 is 49.2 Å². The van der Waals surface area contributed by atoms with Gasteiger partial charge in [0, 0.05) is 96.2 Å². The summed E-state index contributed by atoms with van der Waals surface area (Å²) in [5.41, 5.74) is 9.46. The Balaban J connectivity index is 1.25. The minimum atomic E-state index is -4.84. The lowest BCUT2D eigenvalue weighted by atomic mass is 9.76. The molecule has 0 spiro atoms. The van der Waals surface area contributed by atoms with Gasteiger partial charge in [-0.3, -0.25) is 9.59 Å². The van der Waals surface area contributed by atoms with Crippen molar-refractivity contribution in [1.82, 2.24) is 5.06 Å². The second-order valence-electron chi connectivity index (χ2n) is 18.8. The zero-order chi connectivity index (χ0) is 46.9. The number of nitrogens with zero attached hydrogens (tertiary/aromatic N) is 4. The molecule has 2 saturated heterocycles. The molecule has 7 rings (SSSR count). The molecule has 1 saturated carbocycles. The van der Waals surface area contributed by atoms with Crippen LogP contribution in [0.3, 0.4) is 0 Å². The summed E-state index contributed by atoms with van der Waals surface area (Å²) in [7, 11) is -7.25. The first-order valence-corrected chi connectivity index (χ1v) is 25.9. The van der Waals surface area contributed by atoms with E-state index in [-0.39, 0.29) is 42.5 Å². The highest BCUT2D eigenvalue weighted by molar-refractivity contribution is 7.86. The van der Waals surface area contributed by atoms with E-state index >= 15 is 0 Å². The highest BCUT2D eigenvalue weighted by Crippen LogP contribution is 2.52. The number of benzene rings is 2. The molecule has 16 heteroatoms. The normalized spacial score (nSPS) is 23.7. The summed E-state index contributed by atoms with van der Waals surface area (Å²) in [5.74, 6) is -2.39. The van der Waals surface area contributed by atoms with E-state index in [1.165, 1.54) is 45.9 Å². The smallest absolute Gasteiger partial charge is 0.333 e. The quantitative estimate of drug-likeness (QED) is 0.0795. The molecular formula is C49H61N4O10S2-. The Bertz CT molecular complexity index is 2620. The van der Waals surface area contributed by atoms with E-state index in [0.717, 1.165) is 62.9 Å². The van der Waals surface area contributed by atoms with Gasteiger partial charge in [-0.15, -0.1) is 5.06 Å². The fourth-order valence-corrected chi connectivity index (χ4v) is 11.4. The summed E-state index contributed by atoms with van der Waals surface area (Å²) in [4.78, 5) is 45.4. The molecule has 4 heterocycles. The Morgan fingerprint density at radius 2 is 1.42 bits per heavy atom. The van der Waals surface area contributed by atoms with Crippen molar-refractivity contribution in [1.29, 1.82) is 0 Å². The Morgan fingerprint density at radius 3 is 2.06 bits per heavy atom. The number of hydrogen-bond donors (Lipinski definition) is 0. The Hall–Kier alpha value is -4.90. The third-order valence-corrected chi connectivity index (χ3v) is 15.4. The first-order chi connectivity index (χ1) is 30.7. The van der Waals surface area contributed by atoms with Gasteiger partial charge in [0.1, 0.15) is 23.2 Å². The number of carbonyl (C=O) groups is 3. The van der Waals surface area contributed by atoms with Crippen molar-refractivity contribution in [3.8, 4) is 0 Å². The van der Waals surface area contributed by atoms with Gasteiger partial charge in [0.25, 0.3) is 11.8 Å². The van der Waals surface area contributed by atoms with Gasteiger partial charge in [-0.05, 0) is 106 Å². The van der Waals surface area contributed by atoms with E-state index in [9.17, 15) is 40.3 Å².